The number of nitrogens with one attached hydrogen (secondary N) is 1. The molecule has 0 spiro atoms. The molecule has 0 aromatic heterocycles. The summed E-state index contributed by atoms with van der Waals surface area (Å²) in [6.07, 6.45) is 0.514. The molecule has 1 fully saturated rings. The van der Waals surface area contributed by atoms with Crippen molar-refractivity contribution < 1.29 is 14.3 Å². The van der Waals surface area contributed by atoms with Crippen LogP contribution in [0.15, 0.2) is 54.6 Å². The molecule has 0 saturated heterocycles. The van der Waals surface area contributed by atoms with Gasteiger partial charge in [-0.15, -0.1) is 0 Å². The fourth-order valence-corrected chi connectivity index (χ4v) is 2.95. The van der Waals surface area contributed by atoms with Crippen LogP contribution in [0.25, 0.3) is 0 Å². The van der Waals surface area contributed by atoms with E-state index in [9.17, 15) is 9.59 Å². The minimum Gasteiger partial charge on any atom is -0.467 e. The van der Waals surface area contributed by atoms with Gasteiger partial charge in [-0.25, -0.2) is 4.79 Å². The monoisotopic (exact) mass is 329 g/mol. The predicted octanol–water partition coefficient (Wildman–Crippen LogP) is 3.17. The molecule has 2 aromatic carbocycles. The average molecular weight is 330 g/mol. The Morgan fingerprint density at radius 3 is 2.39 bits per heavy atom. The van der Waals surface area contributed by atoms with Crippen LogP contribution in [0.3, 0.4) is 0 Å². The molecular weight excluding hydrogens is 314 g/mol. The minimum absolute atomic E-state index is 0.111. The van der Waals surface area contributed by atoms with Crippen molar-refractivity contribution in [1.29, 1.82) is 0 Å². The maximum absolute atomic E-state index is 12.4. The molecule has 1 aliphatic carbocycles. The number of halogens is 1. The molecule has 2 unspecified atom stereocenters. The second kappa shape index (κ2) is 6.05. The smallest absolute Gasteiger partial charge is 0.332 e. The number of carbonyl (C=O) groups excluding carboxylic acids is 2. The van der Waals surface area contributed by atoms with Crippen LogP contribution < -0.4 is 5.32 Å². The minimum atomic E-state index is -1.00. The number of benzene rings is 2. The van der Waals surface area contributed by atoms with E-state index in [0.717, 1.165) is 5.56 Å². The molecular formula is C18H16ClNO3. The van der Waals surface area contributed by atoms with Crippen LogP contribution in [0, 0.1) is 0 Å². The van der Waals surface area contributed by atoms with Gasteiger partial charge in [-0.1, -0.05) is 41.9 Å². The fraction of sp³-hybridized carbons (Fsp3) is 0.222. The zero-order valence-corrected chi connectivity index (χ0v) is 13.3. The zero-order chi connectivity index (χ0) is 16.4. The molecule has 0 bridgehead atoms. The average Bonchev–Trinajstić information content (AvgIpc) is 3.31. The summed E-state index contributed by atoms with van der Waals surface area (Å²) in [7, 11) is 1.33. The van der Waals surface area contributed by atoms with Gasteiger partial charge >= 0.3 is 5.97 Å². The fourth-order valence-electron chi connectivity index (χ4n) is 2.82. The Balaban J connectivity index is 1.84. The Morgan fingerprint density at radius 2 is 1.78 bits per heavy atom. The van der Waals surface area contributed by atoms with Gasteiger partial charge in [0.25, 0.3) is 5.91 Å². The van der Waals surface area contributed by atoms with Crippen LogP contribution in [0.1, 0.15) is 28.3 Å². The molecule has 2 aromatic rings. The highest BCUT2D eigenvalue weighted by Crippen LogP contribution is 2.52. The highest BCUT2D eigenvalue weighted by Gasteiger charge is 2.62. The van der Waals surface area contributed by atoms with Gasteiger partial charge in [0.1, 0.15) is 5.54 Å². The second-order valence-electron chi connectivity index (χ2n) is 5.59. The molecule has 1 aliphatic rings. The highest BCUT2D eigenvalue weighted by atomic mass is 35.5. The van der Waals surface area contributed by atoms with Crippen molar-refractivity contribution in [2.45, 2.75) is 17.9 Å². The van der Waals surface area contributed by atoms with E-state index < -0.39 is 11.5 Å². The van der Waals surface area contributed by atoms with Gasteiger partial charge in [0, 0.05) is 16.5 Å². The molecule has 4 nitrogen and oxygen atoms in total. The van der Waals surface area contributed by atoms with E-state index in [1.165, 1.54) is 7.11 Å². The van der Waals surface area contributed by atoms with Crippen LogP contribution >= 0.6 is 11.6 Å². The van der Waals surface area contributed by atoms with Gasteiger partial charge in [-0.3, -0.25) is 4.79 Å². The first-order chi connectivity index (χ1) is 11.1. The third-order valence-electron chi connectivity index (χ3n) is 4.16. The lowest BCUT2D eigenvalue weighted by Crippen LogP contribution is -2.45. The van der Waals surface area contributed by atoms with Crippen molar-refractivity contribution in [1.82, 2.24) is 5.32 Å². The van der Waals surface area contributed by atoms with Gasteiger partial charge < -0.3 is 10.1 Å². The standard InChI is InChI=1S/C18H16ClNO3/c1-23-17(22)18(20-16(21)13-5-3-2-4-6-13)11-15(18)12-7-9-14(19)10-8-12/h2-10,15H,11H2,1H3,(H,20,21). The first-order valence-electron chi connectivity index (χ1n) is 7.28. The highest BCUT2D eigenvalue weighted by molar-refractivity contribution is 6.30. The lowest BCUT2D eigenvalue weighted by molar-refractivity contribution is -0.144. The summed E-state index contributed by atoms with van der Waals surface area (Å²) in [4.78, 5) is 24.7. The van der Waals surface area contributed by atoms with Crippen molar-refractivity contribution in [3.05, 3.63) is 70.7 Å². The third-order valence-corrected chi connectivity index (χ3v) is 4.41. The second-order valence-corrected chi connectivity index (χ2v) is 6.03. The molecule has 5 heteroatoms. The molecule has 0 aliphatic heterocycles. The van der Waals surface area contributed by atoms with E-state index in [4.69, 9.17) is 16.3 Å². The normalized spacial score (nSPS) is 22.3. The van der Waals surface area contributed by atoms with E-state index >= 15 is 0 Å². The number of esters is 1. The molecule has 23 heavy (non-hydrogen) atoms. The van der Waals surface area contributed by atoms with Crippen molar-refractivity contribution in [2.75, 3.05) is 7.11 Å². The third kappa shape index (κ3) is 2.94. The Labute approximate surface area is 139 Å². The SMILES string of the molecule is COC(=O)C1(NC(=O)c2ccccc2)CC1c1ccc(Cl)cc1. The van der Waals surface area contributed by atoms with Crippen molar-refractivity contribution in [3.63, 3.8) is 0 Å². The molecule has 1 amide bonds. The largest absolute Gasteiger partial charge is 0.467 e. The predicted molar refractivity (Wildman–Crippen MR) is 87.5 cm³/mol. The Bertz CT molecular complexity index is 730. The van der Waals surface area contributed by atoms with Crippen LogP contribution in [0.5, 0.6) is 0 Å². The van der Waals surface area contributed by atoms with Crippen LogP contribution in [0.4, 0.5) is 0 Å². The van der Waals surface area contributed by atoms with Gasteiger partial charge in [0.2, 0.25) is 0 Å². The topological polar surface area (TPSA) is 55.4 Å². The van der Waals surface area contributed by atoms with Crippen molar-refractivity contribution >= 4 is 23.5 Å². The van der Waals surface area contributed by atoms with E-state index in [2.05, 4.69) is 5.32 Å². The number of hydrogen-bond acceptors (Lipinski definition) is 3. The zero-order valence-electron chi connectivity index (χ0n) is 12.6. The van der Waals surface area contributed by atoms with E-state index in [1.54, 1.807) is 36.4 Å². The number of carbonyl (C=O) groups is 2. The maximum Gasteiger partial charge on any atom is 0.332 e. The first-order valence-corrected chi connectivity index (χ1v) is 7.66. The van der Waals surface area contributed by atoms with Crippen LogP contribution in [-0.2, 0) is 9.53 Å². The molecule has 1 N–H and O–H groups in total. The summed E-state index contributed by atoms with van der Waals surface area (Å²) in [6.45, 7) is 0. The Hall–Kier alpha value is -2.33. The van der Waals surface area contributed by atoms with Crippen LogP contribution in [0.2, 0.25) is 5.02 Å². The van der Waals surface area contributed by atoms with E-state index in [1.807, 2.05) is 18.2 Å². The molecule has 2 atom stereocenters. The maximum atomic E-state index is 12.4. The van der Waals surface area contributed by atoms with Crippen molar-refractivity contribution in [2.24, 2.45) is 0 Å². The van der Waals surface area contributed by atoms with Crippen LogP contribution in [-0.4, -0.2) is 24.5 Å². The molecule has 0 radical (unpaired) electrons. The number of amides is 1. The summed E-state index contributed by atoms with van der Waals surface area (Å²) in [6, 6.07) is 16.1. The van der Waals surface area contributed by atoms with E-state index in [0.29, 0.717) is 17.0 Å². The number of hydrogen-bond donors (Lipinski definition) is 1. The molecule has 1 saturated carbocycles. The Kier molecular flexibility index (Phi) is 4.09. The number of methoxy groups -OCH3 is 1. The molecule has 0 heterocycles. The van der Waals surface area contributed by atoms with Gasteiger partial charge in [-0.05, 0) is 36.2 Å². The summed E-state index contributed by atoms with van der Waals surface area (Å²) in [5, 5.41) is 3.48. The number of ether oxygens (including phenoxy) is 1. The molecule has 3 rings (SSSR count). The van der Waals surface area contributed by atoms with Gasteiger partial charge in [0.05, 0.1) is 7.11 Å². The molecule has 118 valence electrons. The van der Waals surface area contributed by atoms with Crippen molar-refractivity contribution in [3.8, 4) is 0 Å². The summed E-state index contributed by atoms with van der Waals surface area (Å²) >= 11 is 5.90. The Morgan fingerprint density at radius 1 is 1.13 bits per heavy atom. The van der Waals surface area contributed by atoms with Gasteiger partial charge in [-0.2, -0.15) is 0 Å². The van der Waals surface area contributed by atoms with Gasteiger partial charge in [0.15, 0.2) is 0 Å². The number of rotatable bonds is 4. The lowest BCUT2D eigenvalue weighted by atomic mass is 10.1. The summed E-state index contributed by atoms with van der Waals surface area (Å²) in [5.41, 5.74) is 0.459. The quantitative estimate of drug-likeness (QED) is 0.877. The summed E-state index contributed by atoms with van der Waals surface area (Å²) in [5.74, 6) is -0.825. The lowest BCUT2D eigenvalue weighted by Gasteiger charge is -2.17. The van der Waals surface area contributed by atoms with E-state index in [-0.39, 0.29) is 11.8 Å². The first kappa shape index (κ1) is 15.6. The summed E-state index contributed by atoms with van der Waals surface area (Å²) < 4.78 is 4.91.